The van der Waals surface area contributed by atoms with Crippen LogP contribution < -0.4 is 0 Å². The molecule has 1 radical (unpaired) electrons. The van der Waals surface area contributed by atoms with Crippen molar-refractivity contribution in [3.63, 3.8) is 0 Å². The van der Waals surface area contributed by atoms with Crippen molar-refractivity contribution in [2.45, 2.75) is 45.6 Å². The van der Waals surface area contributed by atoms with Crippen molar-refractivity contribution in [1.29, 1.82) is 0 Å². The van der Waals surface area contributed by atoms with Crippen LogP contribution in [0.1, 0.15) is 38.3 Å². The summed E-state index contributed by atoms with van der Waals surface area (Å²) >= 11 is 3.77. The van der Waals surface area contributed by atoms with E-state index in [2.05, 4.69) is 58.2 Å². The summed E-state index contributed by atoms with van der Waals surface area (Å²) in [5.41, 5.74) is 3.59. The molecule has 1 saturated carbocycles. The fourth-order valence-electron chi connectivity index (χ4n) is 3.17. The average molecular weight is 346 g/mol. The Balaban J connectivity index is 1.90. The molecule has 3 heteroatoms. The van der Waals surface area contributed by atoms with Crippen LogP contribution in [0.5, 0.6) is 0 Å². The fourth-order valence-corrected chi connectivity index (χ4v) is 3.96. The van der Waals surface area contributed by atoms with Crippen molar-refractivity contribution >= 4 is 15.9 Å². The van der Waals surface area contributed by atoms with E-state index in [0.717, 1.165) is 24.6 Å². The van der Waals surface area contributed by atoms with Crippen LogP contribution in [0.4, 0.5) is 0 Å². The molecule has 0 spiro atoms. The summed E-state index contributed by atoms with van der Waals surface area (Å²) in [7, 11) is 0. The van der Waals surface area contributed by atoms with Gasteiger partial charge in [-0.1, -0.05) is 37.3 Å². The average Bonchev–Trinajstić information content (AvgIpc) is 2.85. The normalized spacial score (nSPS) is 16.3. The molecule has 1 fully saturated rings. The molecule has 1 aliphatic carbocycles. The third-order valence-corrected chi connectivity index (χ3v) is 5.20. The lowest BCUT2D eigenvalue weighted by Crippen LogP contribution is -2.17. The minimum atomic E-state index is 0.774. The number of hydrogen-bond donors (Lipinski definition) is 0. The van der Waals surface area contributed by atoms with Crippen molar-refractivity contribution in [2.24, 2.45) is 5.92 Å². The summed E-state index contributed by atoms with van der Waals surface area (Å²) < 4.78 is 3.40. The summed E-state index contributed by atoms with van der Waals surface area (Å²) in [5, 5.41) is 4.90. The van der Waals surface area contributed by atoms with Gasteiger partial charge < -0.3 is 0 Å². The first-order valence-corrected chi connectivity index (χ1v) is 8.71. The second-order valence-corrected chi connectivity index (χ2v) is 6.61. The molecule has 0 saturated heterocycles. The van der Waals surface area contributed by atoms with Crippen molar-refractivity contribution in [3.05, 3.63) is 46.9 Å². The zero-order chi connectivity index (χ0) is 14.7. The first-order valence-electron chi connectivity index (χ1n) is 7.92. The molecule has 1 aromatic heterocycles. The maximum atomic E-state index is 4.90. The predicted octanol–water partition coefficient (Wildman–Crippen LogP) is 5.27. The topological polar surface area (TPSA) is 17.8 Å². The highest BCUT2D eigenvalue weighted by molar-refractivity contribution is 9.10. The summed E-state index contributed by atoms with van der Waals surface area (Å²) in [4.78, 5) is 0. The van der Waals surface area contributed by atoms with Gasteiger partial charge in [-0.25, -0.2) is 0 Å². The van der Waals surface area contributed by atoms with E-state index in [-0.39, 0.29) is 0 Å². The lowest BCUT2D eigenvalue weighted by molar-refractivity contribution is 0.336. The van der Waals surface area contributed by atoms with Gasteiger partial charge >= 0.3 is 0 Å². The zero-order valence-corrected chi connectivity index (χ0v) is 14.1. The molecule has 0 unspecified atom stereocenters. The highest BCUT2D eigenvalue weighted by Gasteiger charge is 2.20. The van der Waals surface area contributed by atoms with Gasteiger partial charge in [0, 0.05) is 12.1 Å². The molecule has 0 atom stereocenters. The Hall–Kier alpha value is -1.09. The van der Waals surface area contributed by atoms with Gasteiger partial charge in [-0.3, -0.25) is 4.68 Å². The lowest BCUT2D eigenvalue weighted by atomic mass is 9.89. The van der Waals surface area contributed by atoms with Crippen LogP contribution >= 0.6 is 15.9 Å². The smallest absolute Gasteiger partial charge is 0.107 e. The SMILES string of the molecule is CCc1c(Br)c(-c2ccccc2)nn1CC1CC[CH]CC1. The van der Waals surface area contributed by atoms with E-state index in [1.54, 1.807) is 0 Å². The van der Waals surface area contributed by atoms with E-state index >= 15 is 0 Å². The Morgan fingerprint density at radius 3 is 2.57 bits per heavy atom. The summed E-state index contributed by atoms with van der Waals surface area (Å²) in [5.74, 6) is 0.774. The third kappa shape index (κ3) is 3.23. The number of rotatable bonds is 4. The standard InChI is InChI=1S/C18H22BrN2/c1-2-16-17(19)18(15-11-7-4-8-12-15)20-21(16)13-14-9-5-3-6-10-14/h3-4,7-8,11-12,14H,2,5-6,9-10,13H2,1H3. The molecule has 1 aliphatic rings. The van der Waals surface area contributed by atoms with E-state index in [0.29, 0.717) is 0 Å². The Morgan fingerprint density at radius 1 is 1.19 bits per heavy atom. The Morgan fingerprint density at radius 2 is 1.90 bits per heavy atom. The minimum absolute atomic E-state index is 0.774. The van der Waals surface area contributed by atoms with Crippen LogP contribution in [0.15, 0.2) is 34.8 Å². The molecule has 111 valence electrons. The van der Waals surface area contributed by atoms with Crippen molar-refractivity contribution in [3.8, 4) is 11.3 Å². The molecule has 0 aliphatic heterocycles. The quantitative estimate of drug-likeness (QED) is 0.737. The molecule has 1 heterocycles. The Bertz CT molecular complexity index is 583. The number of halogens is 1. The summed E-state index contributed by atoms with van der Waals surface area (Å²) in [6.45, 7) is 3.27. The minimum Gasteiger partial charge on any atom is -0.268 e. The van der Waals surface area contributed by atoms with Crippen LogP contribution in [0, 0.1) is 12.3 Å². The second-order valence-electron chi connectivity index (χ2n) is 5.82. The van der Waals surface area contributed by atoms with Gasteiger partial charge in [0.1, 0.15) is 5.69 Å². The van der Waals surface area contributed by atoms with Crippen LogP contribution in [0.25, 0.3) is 11.3 Å². The van der Waals surface area contributed by atoms with E-state index in [9.17, 15) is 0 Å². The van der Waals surface area contributed by atoms with Crippen LogP contribution in [0.3, 0.4) is 0 Å². The van der Waals surface area contributed by atoms with Crippen LogP contribution in [0.2, 0.25) is 0 Å². The highest BCUT2D eigenvalue weighted by Crippen LogP contribution is 2.32. The summed E-state index contributed by atoms with van der Waals surface area (Å²) in [6, 6.07) is 10.5. The molecule has 0 bridgehead atoms. The maximum absolute atomic E-state index is 4.90. The zero-order valence-electron chi connectivity index (χ0n) is 12.6. The van der Waals surface area contributed by atoms with Gasteiger partial charge in [-0.2, -0.15) is 5.10 Å². The molecule has 1 aromatic carbocycles. The molecule has 0 N–H and O–H groups in total. The van der Waals surface area contributed by atoms with Crippen LogP contribution in [-0.2, 0) is 13.0 Å². The molecule has 21 heavy (non-hydrogen) atoms. The molecule has 2 nitrogen and oxygen atoms in total. The number of hydrogen-bond acceptors (Lipinski definition) is 1. The van der Waals surface area contributed by atoms with Crippen molar-refractivity contribution < 1.29 is 0 Å². The van der Waals surface area contributed by atoms with Gasteiger partial charge in [0.2, 0.25) is 0 Å². The first-order chi connectivity index (χ1) is 10.3. The number of nitrogens with zero attached hydrogens (tertiary/aromatic N) is 2. The lowest BCUT2D eigenvalue weighted by Gasteiger charge is -2.22. The molecular weight excluding hydrogens is 324 g/mol. The number of benzene rings is 1. The summed E-state index contributed by atoms with van der Waals surface area (Å²) in [6.07, 6.45) is 8.58. The van der Waals surface area contributed by atoms with Gasteiger partial charge in [0.05, 0.1) is 10.2 Å². The van der Waals surface area contributed by atoms with Crippen molar-refractivity contribution in [2.75, 3.05) is 0 Å². The van der Waals surface area contributed by atoms with E-state index < -0.39 is 0 Å². The van der Waals surface area contributed by atoms with Gasteiger partial charge in [-0.15, -0.1) is 0 Å². The number of aromatic nitrogens is 2. The molecular formula is C18H22BrN2. The third-order valence-electron chi connectivity index (χ3n) is 4.36. The van der Waals surface area contributed by atoms with E-state index in [4.69, 9.17) is 5.10 Å². The molecule has 2 aromatic rings. The fraction of sp³-hybridized carbons (Fsp3) is 0.444. The Labute approximate surface area is 135 Å². The maximum Gasteiger partial charge on any atom is 0.107 e. The second kappa shape index (κ2) is 6.78. The Kier molecular flexibility index (Phi) is 4.79. The van der Waals surface area contributed by atoms with Gasteiger partial charge in [-0.05, 0) is 60.4 Å². The van der Waals surface area contributed by atoms with Crippen molar-refractivity contribution in [1.82, 2.24) is 9.78 Å². The van der Waals surface area contributed by atoms with E-state index in [1.165, 1.54) is 41.4 Å². The first kappa shape index (κ1) is 14.8. The van der Waals surface area contributed by atoms with Gasteiger partial charge in [0.25, 0.3) is 0 Å². The largest absolute Gasteiger partial charge is 0.268 e. The van der Waals surface area contributed by atoms with E-state index in [1.807, 2.05) is 6.07 Å². The van der Waals surface area contributed by atoms with Crippen LogP contribution in [-0.4, -0.2) is 9.78 Å². The highest BCUT2D eigenvalue weighted by atomic mass is 79.9. The predicted molar refractivity (Wildman–Crippen MR) is 91.0 cm³/mol. The monoisotopic (exact) mass is 345 g/mol. The van der Waals surface area contributed by atoms with Gasteiger partial charge in [0.15, 0.2) is 0 Å². The molecule has 0 amide bonds. The molecule has 3 rings (SSSR count).